The number of benzene rings is 1. The maximum Gasteiger partial charge on any atom is 0.0839 e. The van der Waals surface area contributed by atoms with Gasteiger partial charge in [-0.1, -0.05) is 18.2 Å². The van der Waals surface area contributed by atoms with Crippen molar-refractivity contribution >= 4 is 10.9 Å². The summed E-state index contributed by atoms with van der Waals surface area (Å²) in [5.74, 6) is 0. The van der Waals surface area contributed by atoms with Crippen molar-refractivity contribution in [2.75, 3.05) is 0 Å². The number of aryl methyl sites for hydroxylation is 2. The van der Waals surface area contributed by atoms with E-state index < -0.39 is 0 Å². The topological polar surface area (TPSA) is 59.6 Å². The van der Waals surface area contributed by atoms with Crippen LogP contribution in [0.1, 0.15) is 11.4 Å². The minimum Gasteiger partial charge on any atom is -0.350 e. The highest BCUT2D eigenvalue weighted by Crippen LogP contribution is 2.33. The Hall–Kier alpha value is -2.07. The van der Waals surface area contributed by atoms with E-state index in [1.54, 1.807) is 0 Å². The first-order chi connectivity index (χ1) is 8.72. The van der Waals surface area contributed by atoms with Gasteiger partial charge in [0, 0.05) is 47.5 Å². The van der Waals surface area contributed by atoms with Crippen LogP contribution in [0, 0.1) is 6.92 Å². The fourth-order valence-electron chi connectivity index (χ4n) is 2.53. The van der Waals surface area contributed by atoms with E-state index in [1.165, 1.54) is 16.5 Å². The fraction of sp³-hybridized carbons (Fsp3) is 0.214. The molecular formula is C14H16N4. The number of hydrogen-bond donors (Lipinski definition) is 2. The van der Waals surface area contributed by atoms with Crippen molar-refractivity contribution < 1.29 is 0 Å². The molecular weight excluding hydrogens is 224 g/mol. The van der Waals surface area contributed by atoms with E-state index >= 15 is 0 Å². The molecule has 92 valence electrons. The molecule has 0 bridgehead atoms. The molecule has 2 heterocycles. The molecule has 4 heteroatoms. The second-order valence-electron chi connectivity index (χ2n) is 4.55. The zero-order chi connectivity index (χ0) is 12.7. The van der Waals surface area contributed by atoms with Crippen molar-refractivity contribution in [3.63, 3.8) is 0 Å². The Morgan fingerprint density at radius 3 is 2.89 bits per heavy atom. The van der Waals surface area contributed by atoms with Crippen LogP contribution < -0.4 is 5.73 Å². The van der Waals surface area contributed by atoms with Crippen LogP contribution in [-0.2, 0) is 13.6 Å². The summed E-state index contributed by atoms with van der Waals surface area (Å²) < 4.78 is 2.14. The number of nitrogens with zero attached hydrogens (tertiary/aromatic N) is 2. The molecule has 3 N–H and O–H groups in total. The summed E-state index contributed by atoms with van der Waals surface area (Å²) in [5.41, 5.74) is 11.3. The van der Waals surface area contributed by atoms with Crippen molar-refractivity contribution in [1.82, 2.24) is 14.8 Å². The highest BCUT2D eigenvalue weighted by atomic mass is 15.1. The summed E-state index contributed by atoms with van der Waals surface area (Å²) in [4.78, 5) is 0. The molecule has 0 atom stereocenters. The number of aromatic amines is 1. The van der Waals surface area contributed by atoms with Gasteiger partial charge >= 0.3 is 0 Å². The lowest BCUT2D eigenvalue weighted by Crippen LogP contribution is -1.98. The molecule has 0 saturated heterocycles. The van der Waals surface area contributed by atoms with Gasteiger partial charge in [0.1, 0.15) is 0 Å². The van der Waals surface area contributed by atoms with Crippen LogP contribution in [-0.4, -0.2) is 14.8 Å². The number of aromatic nitrogens is 3. The summed E-state index contributed by atoms with van der Waals surface area (Å²) in [6.45, 7) is 2.48. The number of hydrogen-bond acceptors (Lipinski definition) is 2. The van der Waals surface area contributed by atoms with Crippen LogP contribution in [0.15, 0.2) is 30.5 Å². The fourth-order valence-corrected chi connectivity index (χ4v) is 2.53. The molecule has 0 aliphatic carbocycles. The average Bonchev–Trinajstić information content (AvgIpc) is 2.91. The van der Waals surface area contributed by atoms with Gasteiger partial charge < -0.3 is 10.3 Å². The molecule has 4 nitrogen and oxygen atoms in total. The first kappa shape index (κ1) is 11.0. The lowest BCUT2D eigenvalue weighted by atomic mass is 10.0. The van der Waals surface area contributed by atoms with Gasteiger partial charge in [0.25, 0.3) is 0 Å². The molecule has 1 aromatic carbocycles. The molecule has 0 amide bonds. The molecule has 0 fully saturated rings. The summed E-state index contributed by atoms with van der Waals surface area (Å²) in [7, 11) is 2.06. The second-order valence-corrected chi connectivity index (χ2v) is 4.55. The van der Waals surface area contributed by atoms with Crippen LogP contribution in [0.4, 0.5) is 0 Å². The van der Waals surface area contributed by atoms with E-state index in [2.05, 4.69) is 52.3 Å². The van der Waals surface area contributed by atoms with Gasteiger partial charge in [0.15, 0.2) is 0 Å². The Morgan fingerprint density at radius 2 is 2.11 bits per heavy atom. The van der Waals surface area contributed by atoms with Crippen molar-refractivity contribution in [3.8, 4) is 11.1 Å². The maximum absolute atomic E-state index is 5.76. The van der Waals surface area contributed by atoms with Gasteiger partial charge in [-0.25, -0.2) is 0 Å². The van der Waals surface area contributed by atoms with Crippen LogP contribution in [0.25, 0.3) is 22.0 Å². The highest BCUT2D eigenvalue weighted by molar-refractivity contribution is 5.97. The quantitative estimate of drug-likeness (QED) is 0.722. The summed E-state index contributed by atoms with van der Waals surface area (Å²) in [6, 6.07) is 8.37. The van der Waals surface area contributed by atoms with E-state index in [0.29, 0.717) is 6.54 Å². The number of rotatable bonds is 2. The van der Waals surface area contributed by atoms with Gasteiger partial charge in [-0.3, -0.25) is 5.10 Å². The largest absolute Gasteiger partial charge is 0.350 e. The molecule has 0 spiro atoms. The van der Waals surface area contributed by atoms with Crippen molar-refractivity contribution in [2.24, 2.45) is 12.8 Å². The third-order valence-corrected chi connectivity index (χ3v) is 3.38. The maximum atomic E-state index is 5.76. The summed E-state index contributed by atoms with van der Waals surface area (Å²) in [6.07, 6.45) is 2.14. The van der Waals surface area contributed by atoms with E-state index in [4.69, 9.17) is 5.73 Å². The molecule has 18 heavy (non-hydrogen) atoms. The van der Waals surface area contributed by atoms with E-state index in [0.717, 1.165) is 17.0 Å². The van der Waals surface area contributed by atoms with Crippen molar-refractivity contribution in [1.29, 1.82) is 0 Å². The van der Waals surface area contributed by atoms with Gasteiger partial charge in [-0.15, -0.1) is 0 Å². The molecule has 0 aliphatic heterocycles. The Morgan fingerprint density at radius 1 is 1.33 bits per heavy atom. The molecule has 0 saturated carbocycles. The van der Waals surface area contributed by atoms with Crippen LogP contribution in [0.2, 0.25) is 0 Å². The van der Waals surface area contributed by atoms with Gasteiger partial charge in [-0.05, 0) is 13.0 Å². The molecule has 0 radical (unpaired) electrons. The highest BCUT2D eigenvalue weighted by Gasteiger charge is 2.15. The molecule has 3 rings (SSSR count). The Kier molecular flexibility index (Phi) is 2.45. The smallest absolute Gasteiger partial charge is 0.0839 e. The van der Waals surface area contributed by atoms with E-state index in [-0.39, 0.29) is 0 Å². The van der Waals surface area contributed by atoms with Crippen molar-refractivity contribution in [3.05, 3.63) is 41.9 Å². The molecule has 0 unspecified atom stereocenters. The van der Waals surface area contributed by atoms with Crippen LogP contribution in [0.3, 0.4) is 0 Å². The van der Waals surface area contributed by atoms with E-state index in [9.17, 15) is 0 Å². The normalized spacial score (nSPS) is 11.3. The van der Waals surface area contributed by atoms with Gasteiger partial charge in [-0.2, -0.15) is 5.10 Å². The number of para-hydroxylation sites is 1. The Bertz CT molecular complexity index is 706. The molecule has 3 aromatic rings. The molecule has 2 aromatic heterocycles. The zero-order valence-electron chi connectivity index (χ0n) is 10.6. The minimum atomic E-state index is 0.447. The molecule has 0 aliphatic rings. The predicted molar refractivity (Wildman–Crippen MR) is 73.1 cm³/mol. The lowest BCUT2D eigenvalue weighted by Gasteiger charge is -2.00. The summed E-state index contributed by atoms with van der Waals surface area (Å²) >= 11 is 0. The van der Waals surface area contributed by atoms with Gasteiger partial charge in [0.05, 0.1) is 5.69 Å². The minimum absolute atomic E-state index is 0.447. The standard InChI is InChI=1S/C14H16N4/c1-9-14(12(7-15)17-16-9)11-8-18(2)13-6-4-3-5-10(11)13/h3-6,8H,7,15H2,1-2H3,(H,16,17). The number of fused-ring (bicyclic) bond motifs is 1. The lowest BCUT2D eigenvalue weighted by molar-refractivity contribution is 0.939. The van der Waals surface area contributed by atoms with E-state index in [1.807, 2.05) is 6.92 Å². The van der Waals surface area contributed by atoms with Crippen molar-refractivity contribution in [2.45, 2.75) is 13.5 Å². The Balaban J connectivity index is 2.35. The Labute approximate surface area is 105 Å². The SMILES string of the molecule is Cc1[nH]nc(CN)c1-c1cn(C)c2ccccc12. The number of H-pyrrole nitrogens is 1. The monoisotopic (exact) mass is 240 g/mol. The predicted octanol–water partition coefficient (Wildman–Crippen LogP) is 2.34. The van der Waals surface area contributed by atoms with Crippen LogP contribution >= 0.6 is 0 Å². The zero-order valence-corrected chi connectivity index (χ0v) is 10.6. The first-order valence-corrected chi connectivity index (χ1v) is 6.00. The van der Waals surface area contributed by atoms with Crippen LogP contribution in [0.5, 0.6) is 0 Å². The first-order valence-electron chi connectivity index (χ1n) is 6.00. The summed E-state index contributed by atoms with van der Waals surface area (Å²) in [5, 5.41) is 8.52. The number of nitrogens with one attached hydrogen (secondary N) is 1. The second kappa shape index (κ2) is 3.99. The van der Waals surface area contributed by atoms with Gasteiger partial charge in [0.2, 0.25) is 0 Å². The number of nitrogens with two attached hydrogens (primary N) is 1. The average molecular weight is 240 g/mol. The third-order valence-electron chi connectivity index (χ3n) is 3.38. The third kappa shape index (κ3) is 1.46.